The zero-order valence-corrected chi connectivity index (χ0v) is 17.8. The van der Waals surface area contributed by atoms with Gasteiger partial charge >= 0.3 is 5.97 Å². The predicted molar refractivity (Wildman–Crippen MR) is 117 cm³/mol. The number of rotatable bonds is 4. The van der Waals surface area contributed by atoms with Crippen LogP contribution in [0.15, 0.2) is 75.6 Å². The van der Waals surface area contributed by atoms with Crippen molar-refractivity contribution in [3.8, 4) is 11.1 Å². The highest BCUT2D eigenvalue weighted by Crippen LogP contribution is 2.35. The molecule has 0 fully saturated rings. The average molecular weight is 458 g/mol. The van der Waals surface area contributed by atoms with Gasteiger partial charge in [-0.05, 0) is 36.4 Å². The van der Waals surface area contributed by atoms with E-state index in [2.05, 4.69) is 10.1 Å². The fourth-order valence-electron chi connectivity index (χ4n) is 2.96. The van der Waals surface area contributed by atoms with Crippen molar-refractivity contribution >= 4 is 46.4 Å². The van der Waals surface area contributed by atoms with Gasteiger partial charge in [0.25, 0.3) is 5.56 Å². The lowest BCUT2D eigenvalue weighted by molar-refractivity contribution is 0.0597. The van der Waals surface area contributed by atoms with Crippen molar-refractivity contribution in [1.82, 2.24) is 14.6 Å². The minimum Gasteiger partial charge on any atom is -0.465 e. The fourth-order valence-corrected chi connectivity index (χ4v) is 4.44. The second-order valence-corrected chi connectivity index (χ2v) is 7.99. The molecule has 0 aliphatic heterocycles. The van der Waals surface area contributed by atoms with E-state index in [0.29, 0.717) is 36.6 Å². The molecule has 150 valence electrons. The van der Waals surface area contributed by atoms with Gasteiger partial charge in [0.15, 0.2) is 0 Å². The molecule has 2 heterocycles. The van der Waals surface area contributed by atoms with Gasteiger partial charge in [-0.25, -0.2) is 9.31 Å². The molecule has 0 atom stereocenters. The third-order valence-corrected chi connectivity index (χ3v) is 5.94. The number of methoxy groups -OCH3 is 1. The van der Waals surface area contributed by atoms with Crippen LogP contribution in [0.25, 0.3) is 16.6 Å². The summed E-state index contributed by atoms with van der Waals surface area (Å²) in [6, 6.07) is 15.6. The molecular formula is C21H13Cl2N3O3S. The maximum absolute atomic E-state index is 12.5. The van der Waals surface area contributed by atoms with E-state index in [9.17, 15) is 9.59 Å². The highest BCUT2D eigenvalue weighted by molar-refractivity contribution is 7.99. The largest absolute Gasteiger partial charge is 0.465 e. The first-order valence-electron chi connectivity index (χ1n) is 8.68. The maximum Gasteiger partial charge on any atom is 0.339 e. The number of benzene rings is 2. The van der Waals surface area contributed by atoms with Crippen LogP contribution in [-0.2, 0) is 4.74 Å². The molecule has 0 amide bonds. The Hall–Kier alpha value is -2.87. The predicted octanol–water partition coefficient (Wildman–Crippen LogP) is 5.00. The molecule has 0 aliphatic rings. The molecule has 9 heteroatoms. The Kier molecular flexibility index (Phi) is 5.76. The normalized spacial score (nSPS) is 10.9. The second kappa shape index (κ2) is 8.47. The summed E-state index contributed by atoms with van der Waals surface area (Å²) in [6.45, 7) is 0. The van der Waals surface area contributed by atoms with E-state index >= 15 is 0 Å². The third kappa shape index (κ3) is 3.79. The molecule has 0 bridgehead atoms. The molecule has 4 aromatic rings. The van der Waals surface area contributed by atoms with Crippen molar-refractivity contribution in [1.29, 1.82) is 0 Å². The zero-order valence-electron chi connectivity index (χ0n) is 15.5. The lowest BCUT2D eigenvalue weighted by atomic mass is 10.1. The van der Waals surface area contributed by atoms with E-state index in [-0.39, 0.29) is 5.56 Å². The Bertz CT molecular complexity index is 1320. The van der Waals surface area contributed by atoms with Crippen molar-refractivity contribution in [3.05, 3.63) is 86.9 Å². The van der Waals surface area contributed by atoms with E-state index in [1.807, 2.05) is 6.07 Å². The molecule has 30 heavy (non-hydrogen) atoms. The molecule has 0 saturated heterocycles. The number of fused-ring (bicyclic) bond motifs is 1. The summed E-state index contributed by atoms with van der Waals surface area (Å²) in [6.07, 6.45) is 1.34. The Labute approximate surface area is 185 Å². The van der Waals surface area contributed by atoms with Crippen LogP contribution in [0, 0.1) is 0 Å². The minimum absolute atomic E-state index is 0.270. The highest BCUT2D eigenvalue weighted by Gasteiger charge is 2.18. The number of hydrogen-bond acceptors (Lipinski definition) is 6. The van der Waals surface area contributed by atoms with Crippen molar-refractivity contribution < 1.29 is 9.53 Å². The van der Waals surface area contributed by atoms with Crippen molar-refractivity contribution in [2.24, 2.45) is 0 Å². The van der Waals surface area contributed by atoms with E-state index in [0.717, 1.165) is 0 Å². The number of aromatic nitrogens is 3. The van der Waals surface area contributed by atoms with Crippen LogP contribution in [0.1, 0.15) is 10.4 Å². The number of carbonyl (C=O) groups is 1. The van der Waals surface area contributed by atoms with Crippen LogP contribution in [-0.4, -0.2) is 27.7 Å². The number of hydrogen-bond donors (Lipinski definition) is 0. The van der Waals surface area contributed by atoms with Crippen LogP contribution in [0.2, 0.25) is 10.0 Å². The van der Waals surface area contributed by atoms with Gasteiger partial charge in [0.2, 0.25) is 0 Å². The summed E-state index contributed by atoms with van der Waals surface area (Å²) in [5.41, 5.74) is 1.18. The smallest absolute Gasteiger partial charge is 0.339 e. The first kappa shape index (κ1) is 20.4. The highest BCUT2D eigenvalue weighted by atomic mass is 35.5. The van der Waals surface area contributed by atoms with Crippen molar-refractivity contribution in [2.45, 2.75) is 9.92 Å². The van der Waals surface area contributed by atoms with Gasteiger partial charge in [-0.2, -0.15) is 10.1 Å². The van der Waals surface area contributed by atoms with Crippen molar-refractivity contribution in [3.63, 3.8) is 0 Å². The summed E-state index contributed by atoms with van der Waals surface area (Å²) in [5, 5.41) is 5.82. The van der Waals surface area contributed by atoms with Gasteiger partial charge < -0.3 is 4.74 Å². The van der Waals surface area contributed by atoms with Crippen LogP contribution in [0.5, 0.6) is 0 Å². The molecule has 0 N–H and O–H groups in total. The standard InChI is InChI=1S/C21H13Cl2N3O3S/c1-29-21(28)12-5-2-3-8-16(12)30-17-10-9-15-19(20(27)24-11-26(15)25-17)18-13(22)6-4-7-14(18)23/h2-11H,1H3. The number of ether oxygens (including phenoxy) is 1. The molecule has 0 spiro atoms. The van der Waals surface area contributed by atoms with Crippen LogP contribution in [0.4, 0.5) is 0 Å². The monoisotopic (exact) mass is 457 g/mol. The molecule has 0 aliphatic carbocycles. The van der Waals surface area contributed by atoms with Gasteiger partial charge in [0, 0.05) is 10.5 Å². The first-order chi connectivity index (χ1) is 14.5. The van der Waals surface area contributed by atoms with Gasteiger partial charge in [-0.3, -0.25) is 4.79 Å². The van der Waals surface area contributed by atoms with E-state index in [1.54, 1.807) is 48.5 Å². The Morgan fingerprint density at radius 2 is 1.73 bits per heavy atom. The van der Waals surface area contributed by atoms with E-state index < -0.39 is 11.5 Å². The van der Waals surface area contributed by atoms with Gasteiger partial charge in [-0.15, -0.1) is 0 Å². The molecule has 0 radical (unpaired) electrons. The van der Waals surface area contributed by atoms with Gasteiger partial charge in [-0.1, -0.05) is 53.2 Å². The lowest BCUT2D eigenvalue weighted by Gasteiger charge is -2.11. The second-order valence-electron chi connectivity index (χ2n) is 6.11. The number of halogens is 2. The first-order valence-corrected chi connectivity index (χ1v) is 10.2. The minimum atomic E-state index is -0.455. The molecular weight excluding hydrogens is 445 g/mol. The topological polar surface area (TPSA) is 73.6 Å². The average Bonchev–Trinajstić information content (AvgIpc) is 2.75. The maximum atomic E-state index is 12.5. The quantitative estimate of drug-likeness (QED) is 0.401. The third-order valence-electron chi connectivity index (χ3n) is 4.31. The Balaban J connectivity index is 1.82. The van der Waals surface area contributed by atoms with Gasteiger partial charge in [0.1, 0.15) is 11.4 Å². The lowest BCUT2D eigenvalue weighted by Crippen LogP contribution is -2.14. The fraction of sp³-hybridized carbons (Fsp3) is 0.0476. The van der Waals surface area contributed by atoms with Crippen LogP contribution >= 0.6 is 35.0 Å². The molecule has 4 rings (SSSR count). The molecule has 0 unspecified atom stereocenters. The van der Waals surface area contributed by atoms with E-state index in [4.69, 9.17) is 27.9 Å². The Morgan fingerprint density at radius 3 is 2.47 bits per heavy atom. The zero-order chi connectivity index (χ0) is 21.3. The summed E-state index contributed by atoms with van der Waals surface area (Å²) in [7, 11) is 1.33. The molecule has 0 saturated carbocycles. The summed E-state index contributed by atoms with van der Waals surface area (Å²) < 4.78 is 6.32. The number of esters is 1. The summed E-state index contributed by atoms with van der Waals surface area (Å²) in [4.78, 5) is 29.2. The SMILES string of the molecule is COC(=O)c1ccccc1Sc1ccc2c(-c3c(Cl)cccc3Cl)c(=O)ncn2n1. The number of nitrogens with zero attached hydrogens (tertiary/aromatic N) is 3. The van der Waals surface area contributed by atoms with Gasteiger partial charge in [0.05, 0.1) is 33.8 Å². The molecule has 2 aromatic heterocycles. The van der Waals surface area contributed by atoms with Crippen LogP contribution < -0.4 is 5.56 Å². The van der Waals surface area contributed by atoms with Crippen molar-refractivity contribution in [2.75, 3.05) is 7.11 Å². The summed E-state index contributed by atoms with van der Waals surface area (Å²) in [5.74, 6) is -0.431. The molecule has 6 nitrogen and oxygen atoms in total. The number of carbonyl (C=O) groups excluding carboxylic acids is 1. The Morgan fingerprint density at radius 1 is 1.00 bits per heavy atom. The molecule has 2 aromatic carbocycles. The van der Waals surface area contributed by atoms with Crippen LogP contribution in [0.3, 0.4) is 0 Å². The summed E-state index contributed by atoms with van der Waals surface area (Å²) >= 11 is 13.9. The van der Waals surface area contributed by atoms with E-state index in [1.165, 1.54) is 29.7 Å².